The summed E-state index contributed by atoms with van der Waals surface area (Å²) in [4.78, 5) is 25.8. The van der Waals surface area contributed by atoms with Crippen LogP contribution in [0.2, 0.25) is 0 Å². The van der Waals surface area contributed by atoms with E-state index < -0.39 is 17.9 Å². The third kappa shape index (κ3) is 2.44. The number of aliphatic carboxylic acids is 1. The van der Waals surface area contributed by atoms with Crippen molar-refractivity contribution in [2.45, 2.75) is 25.9 Å². The molecule has 0 radical (unpaired) electrons. The summed E-state index contributed by atoms with van der Waals surface area (Å²) < 4.78 is 0. The lowest BCUT2D eigenvalue weighted by Crippen LogP contribution is -2.43. The summed E-state index contributed by atoms with van der Waals surface area (Å²) in [6, 6.07) is -0.538. The average Bonchev–Trinajstić information content (AvgIpc) is 2.58. The van der Waals surface area contributed by atoms with E-state index in [1.165, 1.54) is 4.90 Å². The topological polar surface area (TPSA) is 86.9 Å². The molecule has 1 aliphatic rings. The fourth-order valence-electron chi connectivity index (χ4n) is 1.69. The molecule has 2 atom stereocenters. The number of carbonyl (C=O) groups excluding carboxylic acids is 1. The predicted octanol–water partition coefficient (Wildman–Crippen LogP) is -0.210. The number of likely N-dealkylation sites (tertiary alicyclic amines) is 1. The summed E-state index contributed by atoms with van der Waals surface area (Å²) >= 11 is 0. The molecule has 0 aromatic rings. The standard InChI is InChI=1S/C10H19N3O3/c1-6(2)12(3)10(16)13-4-7(9(14)15)8(11)5-13/h6-8H,4-5,11H2,1-3H3,(H,14,15)/t7-,8+/m1/s1. The van der Waals surface area contributed by atoms with E-state index in [0.717, 1.165) is 0 Å². The van der Waals surface area contributed by atoms with Crippen LogP contribution in [0.5, 0.6) is 0 Å². The first-order valence-electron chi connectivity index (χ1n) is 5.34. The molecule has 1 aliphatic heterocycles. The zero-order chi connectivity index (χ0) is 12.5. The number of amides is 2. The molecule has 3 N–H and O–H groups in total. The van der Waals surface area contributed by atoms with Gasteiger partial charge in [-0.2, -0.15) is 0 Å². The highest BCUT2D eigenvalue weighted by Gasteiger charge is 2.38. The van der Waals surface area contributed by atoms with Gasteiger partial charge in [0.05, 0.1) is 5.92 Å². The maximum atomic E-state index is 11.9. The molecule has 92 valence electrons. The highest BCUT2D eigenvalue weighted by atomic mass is 16.4. The van der Waals surface area contributed by atoms with Gasteiger partial charge in [0.2, 0.25) is 0 Å². The van der Waals surface area contributed by atoms with Gasteiger partial charge < -0.3 is 20.6 Å². The van der Waals surface area contributed by atoms with Gasteiger partial charge in [0.25, 0.3) is 0 Å². The number of hydrogen-bond donors (Lipinski definition) is 2. The maximum absolute atomic E-state index is 11.9. The third-order valence-electron chi connectivity index (χ3n) is 3.03. The van der Waals surface area contributed by atoms with Gasteiger partial charge in [-0.25, -0.2) is 4.79 Å². The fourth-order valence-corrected chi connectivity index (χ4v) is 1.69. The molecule has 1 saturated heterocycles. The Balaban J connectivity index is 2.65. The molecule has 16 heavy (non-hydrogen) atoms. The predicted molar refractivity (Wildman–Crippen MR) is 59.0 cm³/mol. The van der Waals surface area contributed by atoms with Gasteiger partial charge in [0, 0.05) is 32.2 Å². The van der Waals surface area contributed by atoms with Gasteiger partial charge in [-0.1, -0.05) is 0 Å². The lowest BCUT2D eigenvalue weighted by Gasteiger charge is -2.27. The van der Waals surface area contributed by atoms with Crippen LogP contribution in [0.4, 0.5) is 4.79 Å². The summed E-state index contributed by atoms with van der Waals surface area (Å²) in [5.74, 6) is -1.58. The SMILES string of the molecule is CC(C)N(C)C(=O)N1C[C@H](N)[C@H](C(=O)O)C1. The maximum Gasteiger partial charge on any atom is 0.320 e. The van der Waals surface area contributed by atoms with Crippen molar-refractivity contribution in [1.82, 2.24) is 9.80 Å². The molecule has 1 fully saturated rings. The minimum Gasteiger partial charge on any atom is -0.481 e. The number of nitrogens with two attached hydrogens (primary N) is 1. The van der Waals surface area contributed by atoms with Crippen molar-refractivity contribution in [3.8, 4) is 0 Å². The van der Waals surface area contributed by atoms with E-state index >= 15 is 0 Å². The molecule has 6 nitrogen and oxygen atoms in total. The highest BCUT2D eigenvalue weighted by molar-refractivity contribution is 5.78. The third-order valence-corrected chi connectivity index (χ3v) is 3.03. The largest absolute Gasteiger partial charge is 0.481 e. The zero-order valence-corrected chi connectivity index (χ0v) is 9.88. The normalized spacial score (nSPS) is 24.9. The number of hydrogen-bond acceptors (Lipinski definition) is 3. The molecule has 0 aromatic carbocycles. The van der Waals surface area contributed by atoms with Crippen molar-refractivity contribution in [1.29, 1.82) is 0 Å². The van der Waals surface area contributed by atoms with Gasteiger partial charge in [-0.15, -0.1) is 0 Å². The van der Waals surface area contributed by atoms with E-state index in [4.69, 9.17) is 10.8 Å². The van der Waals surface area contributed by atoms with Gasteiger partial charge >= 0.3 is 12.0 Å². The van der Waals surface area contributed by atoms with E-state index in [2.05, 4.69) is 0 Å². The first-order valence-corrected chi connectivity index (χ1v) is 5.34. The highest BCUT2D eigenvalue weighted by Crippen LogP contribution is 2.17. The molecule has 0 aliphatic carbocycles. The van der Waals surface area contributed by atoms with E-state index in [9.17, 15) is 9.59 Å². The number of nitrogens with zero attached hydrogens (tertiary/aromatic N) is 2. The molecule has 1 rings (SSSR count). The van der Waals surface area contributed by atoms with Gasteiger partial charge in [0.15, 0.2) is 0 Å². The molecule has 2 amide bonds. The first kappa shape index (κ1) is 12.8. The Morgan fingerprint density at radius 1 is 1.44 bits per heavy atom. The van der Waals surface area contributed by atoms with Crippen LogP contribution in [0.15, 0.2) is 0 Å². The van der Waals surface area contributed by atoms with Crippen LogP contribution in [0.3, 0.4) is 0 Å². The molecule has 6 heteroatoms. The van der Waals surface area contributed by atoms with Crippen molar-refractivity contribution >= 4 is 12.0 Å². The molecule has 0 unspecified atom stereocenters. The van der Waals surface area contributed by atoms with Crippen LogP contribution in [-0.4, -0.2) is 59.1 Å². The first-order chi connectivity index (χ1) is 7.34. The molecular weight excluding hydrogens is 210 g/mol. The Kier molecular flexibility index (Phi) is 3.74. The van der Waals surface area contributed by atoms with E-state index in [-0.39, 0.29) is 18.6 Å². The van der Waals surface area contributed by atoms with E-state index in [1.807, 2.05) is 13.8 Å². The Hall–Kier alpha value is -1.30. The van der Waals surface area contributed by atoms with Crippen molar-refractivity contribution in [3.05, 3.63) is 0 Å². The fraction of sp³-hybridized carbons (Fsp3) is 0.800. The summed E-state index contributed by atoms with van der Waals surface area (Å²) in [6.07, 6.45) is 0. The molecule has 0 spiro atoms. The summed E-state index contributed by atoms with van der Waals surface area (Å²) in [6.45, 7) is 4.32. The van der Waals surface area contributed by atoms with Gasteiger partial charge in [0.1, 0.15) is 0 Å². The van der Waals surface area contributed by atoms with Gasteiger partial charge in [-0.05, 0) is 13.8 Å². The quantitative estimate of drug-likeness (QED) is 0.686. The van der Waals surface area contributed by atoms with Crippen LogP contribution in [-0.2, 0) is 4.79 Å². The second-order valence-corrected chi connectivity index (χ2v) is 4.50. The van der Waals surface area contributed by atoms with E-state index in [0.29, 0.717) is 6.54 Å². The summed E-state index contributed by atoms with van der Waals surface area (Å²) in [5.41, 5.74) is 5.69. The van der Waals surface area contributed by atoms with Crippen LogP contribution < -0.4 is 5.73 Å². The molecule has 0 aromatic heterocycles. The molecule has 0 saturated carbocycles. The summed E-state index contributed by atoms with van der Waals surface area (Å²) in [5, 5.41) is 8.90. The minimum atomic E-state index is -0.935. The number of rotatable bonds is 2. The number of carboxylic acids is 1. The monoisotopic (exact) mass is 229 g/mol. The van der Waals surface area contributed by atoms with Crippen molar-refractivity contribution < 1.29 is 14.7 Å². The summed E-state index contributed by atoms with van der Waals surface area (Å²) in [7, 11) is 1.70. The lowest BCUT2D eigenvalue weighted by molar-refractivity contribution is -0.141. The molecular formula is C10H19N3O3. The molecule has 0 bridgehead atoms. The smallest absolute Gasteiger partial charge is 0.320 e. The van der Waals surface area contributed by atoms with Crippen LogP contribution in [0.25, 0.3) is 0 Å². The van der Waals surface area contributed by atoms with Crippen LogP contribution >= 0.6 is 0 Å². The number of urea groups is 1. The zero-order valence-electron chi connectivity index (χ0n) is 9.88. The van der Waals surface area contributed by atoms with Gasteiger partial charge in [-0.3, -0.25) is 4.79 Å². The minimum absolute atomic E-state index is 0.0904. The Morgan fingerprint density at radius 2 is 2.00 bits per heavy atom. The number of carbonyl (C=O) groups is 2. The average molecular weight is 229 g/mol. The van der Waals surface area contributed by atoms with Crippen molar-refractivity contribution in [2.75, 3.05) is 20.1 Å². The van der Waals surface area contributed by atoms with Crippen molar-refractivity contribution in [3.63, 3.8) is 0 Å². The number of carboxylic acid groups (broad SMARTS) is 1. The second-order valence-electron chi connectivity index (χ2n) is 4.50. The van der Waals surface area contributed by atoms with Crippen LogP contribution in [0.1, 0.15) is 13.8 Å². The molecule has 1 heterocycles. The van der Waals surface area contributed by atoms with Crippen LogP contribution in [0, 0.1) is 5.92 Å². The Bertz CT molecular complexity index is 293. The lowest BCUT2D eigenvalue weighted by atomic mass is 10.1. The Morgan fingerprint density at radius 3 is 2.38 bits per heavy atom. The second kappa shape index (κ2) is 4.69. The van der Waals surface area contributed by atoms with E-state index in [1.54, 1.807) is 11.9 Å². The van der Waals surface area contributed by atoms with Crippen molar-refractivity contribution in [2.24, 2.45) is 11.7 Å². The Labute approximate surface area is 95.0 Å².